The number of hydrogen-bond acceptors (Lipinski definition) is 3. The predicted octanol–water partition coefficient (Wildman–Crippen LogP) is 3.36. The van der Waals surface area contributed by atoms with Gasteiger partial charge in [0, 0.05) is 24.8 Å². The van der Waals surface area contributed by atoms with Gasteiger partial charge in [0.15, 0.2) is 5.78 Å². The van der Waals surface area contributed by atoms with Gasteiger partial charge in [-0.05, 0) is 31.9 Å². The van der Waals surface area contributed by atoms with Crippen molar-refractivity contribution in [1.82, 2.24) is 0 Å². The summed E-state index contributed by atoms with van der Waals surface area (Å²) in [4.78, 5) is 13.5. The van der Waals surface area contributed by atoms with Crippen LogP contribution in [0, 0.1) is 0 Å². The van der Waals surface area contributed by atoms with Crippen LogP contribution in [-0.2, 0) is 0 Å². The molecule has 3 heteroatoms. The van der Waals surface area contributed by atoms with E-state index in [-0.39, 0.29) is 11.5 Å². The topological polar surface area (TPSA) is 40.5 Å². The summed E-state index contributed by atoms with van der Waals surface area (Å²) in [6, 6.07) is 5.89. The molecule has 0 heterocycles. The molecular weight excluding hydrogens is 226 g/mol. The van der Waals surface area contributed by atoms with Gasteiger partial charge < -0.3 is 10.0 Å². The summed E-state index contributed by atoms with van der Waals surface area (Å²) in [5.41, 5.74) is 1.39. The highest BCUT2D eigenvalue weighted by molar-refractivity contribution is 5.97. The number of phenolic OH excluding ortho intramolecular Hbond substituents is 1. The lowest BCUT2D eigenvalue weighted by Gasteiger charge is -2.33. The fourth-order valence-corrected chi connectivity index (χ4v) is 2.72. The van der Waals surface area contributed by atoms with Crippen molar-refractivity contribution in [3.63, 3.8) is 0 Å². The maximum Gasteiger partial charge on any atom is 0.163 e. The molecule has 1 aliphatic rings. The first-order chi connectivity index (χ1) is 8.59. The van der Waals surface area contributed by atoms with Crippen LogP contribution in [-0.4, -0.2) is 24.0 Å². The number of carbonyl (C=O) groups is 1. The normalized spacial score (nSPS) is 16.6. The Labute approximate surface area is 108 Å². The van der Waals surface area contributed by atoms with Crippen LogP contribution in [0.1, 0.15) is 49.4 Å². The summed E-state index contributed by atoms with van der Waals surface area (Å²) in [6.45, 7) is 1.47. The van der Waals surface area contributed by atoms with Gasteiger partial charge in [-0.1, -0.05) is 19.3 Å². The monoisotopic (exact) mass is 247 g/mol. The molecule has 1 saturated carbocycles. The minimum absolute atomic E-state index is 0.0858. The summed E-state index contributed by atoms with van der Waals surface area (Å²) in [5.74, 6) is -0.0120. The zero-order valence-corrected chi connectivity index (χ0v) is 11.1. The molecule has 0 radical (unpaired) electrons. The standard InChI is InChI=1S/C15H21NO2/c1-11(17)14-9-8-13(10-15(14)18)16(2)12-6-4-3-5-7-12/h8-10,12,18H,3-7H2,1-2H3. The van der Waals surface area contributed by atoms with Gasteiger partial charge >= 0.3 is 0 Å². The van der Waals surface area contributed by atoms with Gasteiger partial charge in [0.25, 0.3) is 0 Å². The second-order valence-corrected chi connectivity index (χ2v) is 5.16. The molecule has 2 rings (SSSR count). The van der Waals surface area contributed by atoms with Crippen molar-refractivity contribution in [3.05, 3.63) is 23.8 Å². The quantitative estimate of drug-likeness (QED) is 0.833. The first-order valence-electron chi connectivity index (χ1n) is 6.66. The van der Waals surface area contributed by atoms with Crippen LogP contribution < -0.4 is 4.90 Å². The largest absolute Gasteiger partial charge is 0.507 e. The third-order valence-corrected chi connectivity index (χ3v) is 3.89. The van der Waals surface area contributed by atoms with Crippen molar-refractivity contribution >= 4 is 11.5 Å². The smallest absolute Gasteiger partial charge is 0.163 e. The molecule has 1 aliphatic carbocycles. The Balaban J connectivity index is 2.17. The van der Waals surface area contributed by atoms with Crippen molar-refractivity contribution in [2.45, 2.75) is 45.1 Å². The second kappa shape index (κ2) is 5.42. The highest BCUT2D eigenvalue weighted by Crippen LogP contribution is 2.29. The fourth-order valence-electron chi connectivity index (χ4n) is 2.72. The minimum Gasteiger partial charge on any atom is -0.507 e. The first kappa shape index (κ1) is 12.9. The van der Waals surface area contributed by atoms with Gasteiger partial charge in [-0.2, -0.15) is 0 Å². The SMILES string of the molecule is CC(=O)c1ccc(N(C)C2CCCCC2)cc1O. The molecule has 3 nitrogen and oxygen atoms in total. The number of rotatable bonds is 3. The van der Waals surface area contributed by atoms with E-state index in [9.17, 15) is 9.90 Å². The van der Waals surface area contributed by atoms with Crippen LogP contribution in [0.25, 0.3) is 0 Å². The molecule has 98 valence electrons. The number of phenols is 1. The molecular formula is C15H21NO2. The number of Topliss-reactive ketones (excluding diaryl/α,β-unsaturated/α-hetero) is 1. The Kier molecular flexibility index (Phi) is 3.90. The summed E-state index contributed by atoms with van der Waals surface area (Å²) < 4.78 is 0. The van der Waals surface area contributed by atoms with E-state index in [2.05, 4.69) is 11.9 Å². The maximum absolute atomic E-state index is 11.3. The molecule has 1 fully saturated rings. The molecule has 1 N–H and O–H groups in total. The van der Waals surface area contributed by atoms with E-state index in [4.69, 9.17) is 0 Å². The van der Waals surface area contributed by atoms with Crippen LogP contribution in [0.15, 0.2) is 18.2 Å². The number of ketones is 1. The van der Waals surface area contributed by atoms with Crippen LogP contribution >= 0.6 is 0 Å². The van der Waals surface area contributed by atoms with Crippen molar-refractivity contribution in [2.24, 2.45) is 0 Å². The first-order valence-corrected chi connectivity index (χ1v) is 6.66. The zero-order valence-electron chi connectivity index (χ0n) is 11.1. The molecule has 0 aliphatic heterocycles. The fraction of sp³-hybridized carbons (Fsp3) is 0.533. The molecule has 0 amide bonds. The van der Waals surface area contributed by atoms with E-state index >= 15 is 0 Å². The molecule has 0 saturated heterocycles. The van der Waals surface area contributed by atoms with E-state index in [0.717, 1.165) is 5.69 Å². The molecule has 1 aromatic carbocycles. The highest BCUT2D eigenvalue weighted by atomic mass is 16.3. The van der Waals surface area contributed by atoms with Crippen LogP contribution in [0.3, 0.4) is 0 Å². The van der Waals surface area contributed by atoms with Gasteiger partial charge in [-0.25, -0.2) is 0 Å². The highest BCUT2D eigenvalue weighted by Gasteiger charge is 2.19. The van der Waals surface area contributed by atoms with Gasteiger partial charge in [0.05, 0.1) is 5.56 Å². The van der Waals surface area contributed by atoms with E-state index < -0.39 is 0 Å². The van der Waals surface area contributed by atoms with Gasteiger partial charge in [-0.3, -0.25) is 4.79 Å². The van der Waals surface area contributed by atoms with Gasteiger partial charge in [-0.15, -0.1) is 0 Å². The molecule has 0 unspecified atom stereocenters. The number of nitrogens with zero attached hydrogens (tertiary/aromatic N) is 1. The molecule has 0 aromatic heterocycles. The van der Waals surface area contributed by atoms with Crippen LogP contribution in [0.4, 0.5) is 5.69 Å². The van der Waals surface area contributed by atoms with Crippen LogP contribution in [0.5, 0.6) is 5.75 Å². The predicted molar refractivity (Wildman–Crippen MR) is 73.4 cm³/mol. The second-order valence-electron chi connectivity index (χ2n) is 5.16. The third-order valence-electron chi connectivity index (χ3n) is 3.89. The summed E-state index contributed by atoms with van der Waals surface area (Å²) in [5, 5.41) is 9.86. The number of benzene rings is 1. The van der Waals surface area contributed by atoms with Gasteiger partial charge in [0.2, 0.25) is 0 Å². The Hall–Kier alpha value is -1.51. The molecule has 0 bridgehead atoms. The zero-order chi connectivity index (χ0) is 13.1. The van der Waals surface area contributed by atoms with Crippen molar-refractivity contribution in [3.8, 4) is 5.75 Å². The number of anilines is 1. The van der Waals surface area contributed by atoms with E-state index in [0.29, 0.717) is 11.6 Å². The lowest BCUT2D eigenvalue weighted by molar-refractivity contribution is 0.101. The Morgan fingerprint density at radius 3 is 2.50 bits per heavy atom. The Bertz CT molecular complexity index is 436. The summed E-state index contributed by atoms with van der Waals surface area (Å²) in [6.07, 6.45) is 6.33. The van der Waals surface area contributed by atoms with Crippen molar-refractivity contribution in [1.29, 1.82) is 0 Å². The number of aromatic hydroxyl groups is 1. The summed E-state index contributed by atoms with van der Waals surface area (Å²) >= 11 is 0. The maximum atomic E-state index is 11.3. The van der Waals surface area contributed by atoms with Crippen molar-refractivity contribution in [2.75, 3.05) is 11.9 Å². The average Bonchev–Trinajstić information content (AvgIpc) is 2.38. The lowest BCUT2D eigenvalue weighted by Crippen LogP contribution is -2.33. The number of hydrogen-bond donors (Lipinski definition) is 1. The third kappa shape index (κ3) is 2.66. The summed E-state index contributed by atoms with van der Waals surface area (Å²) in [7, 11) is 2.07. The molecule has 18 heavy (non-hydrogen) atoms. The minimum atomic E-state index is -0.0978. The number of carbonyl (C=O) groups excluding carboxylic acids is 1. The van der Waals surface area contributed by atoms with Crippen molar-refractivity contribution < 1.29 is 9.90 Å². The van der Waals surface area contributed by atoms with E-state index in [1.165, 1.54) is 39.0 Å². The van der Waals surface area contributed by atoms with Gasteiger partial charge in [0.1, 0.15) is 5.75 Å². The van der Waals surface area contributed by atoms with E-state index in [1.807, 2.05) is 6.07 Å². The van der Waals surface area contributed by atoms with E-state index in [1.54, 1.807) is 12.1 Å². The average molecular weight is 247 g/mol. The van der Waals surface area contributed by atoms with Crippen LogP contribution in [0.2, 0.25) is 0 Å². The Morgan fingerprint density at radius 2 is 1.94 bits per heavy atom. The molecule has 0 atom stereocenters. The lowest BCUT2D eigenvalue weighted by atomic mass is 9.94. The Morgan fingerprint density at radius 1 is 1.28 bits per heavy atom. The molecule has 0 spiro atoms. The molecule has 1 aromatic rings.